The molecule has 1 heterocycles. The Hall–Kier alpha value is -2.04. The molecular formula is C10H12N4O. The van der Waals surface area contributed by atoms with Gasteiger partial charge in [0.15, 0.2) is 5.82 Å². The van der Waals surface area contributed by atoms with Gasteiger partial charge in [0.2, 0.25) is 5.91 Å². The van der Waals surface area contributed by atoms with Crippen molar-refractivity contribution < 1.29 is 4.79 Å². The molecular weight excluding hydrogens is 192 g/mol. The molecule has 0 saturated heterocycles. The highest BCUT2D eigenvalue weighted by atomic mass is 16.1. The van der Waals surface area contributed by atoms with Gasteiger partial charge in [-0.3, -0.25) is 9.48 Å². The standard InChI is InChI=1S/C10H12N4O/c1-6(15)12-10-8-5-7(11)3-4-9(8)14(2)13-10/h3-5H,11H2,1-2H3,(H,12,13,15). The second-order valence-corrected chi connectivity index (χ2v) is 3.43. The average molecular weight is 204 g/mol. The van der Waals surface area contributed by atoms with Crippen LogP contribution in [0.15, 0.2) is 18.2 Å². The third-order valence-electron chi connectivity index (χ3n) is 2.17. The van der Waals surface area contributed by atoms with Crippen molar-refractivity contribution in [2.75, 3.05) is 11.1 Å². The van der Waals surface area contributed by atoms with Gasteiger partial charge in [0.05, 0.1) is 5.52 Å². The number of aromatic nitrogens is 2. The summed E-state index contributed by atoms with van der Waals surface area (Å²) in [5.74, 6) is 0.407. The van der Waals surface area contributed by atoms with Crippen LogP contribution < -0.4 is 11.1 Å². The van der Waals surface area contributed by atoms with E-state index >= 15 is 0 Å². The SMILES string of the molecule is CC(=O)Nc1nn(C)c2ccc(N)cc12. The molecule has 1 amide bonds. The van der Waals surface area contributed by atoms with Gasteiger partial charge in [0.1, 0.15) is 0 Å². The number of nitrogens with one attached hydrogen (secondary N) is 1. The molecule has 78 valence electrons. The predicted octanol–water partition coefficient (Wildman–Crippen LogP) is 1.11. The van der Waals surface area contributed by atoms with Crippen molar-refractivity contribution >= 4 is 28.3 Å². The van der Waals surface area contributed by atoms with Crippen molar-refractivity contribution in [1.29, 1.82) is 0 Å². The Morgan fingerprint density at radius 1 is 1.53 bits per heavy atom. The van der Waals surface area contributed by atoms with E-state index < -0.39 is 0 Å². The number of benzene rings is 1. The summed E-state index contributed by atoms with van der Waals surface area (Å²) in [4.78, 5) is 11.0. The number of rotatable bonds is 1. The number of fused-ring (bicyclic) bond motifs is 1. The maximum atomic E-state index is 11.0. The molecule has 0 aliphatic heterocycles. The number of nitrogens with zero attached hydrogens (tertiary/aromatic N) is 2. The van der Waals surface area contributed by atoms with Gasteiger partial charge in [-0.2, -0.15) is 5.10 Å². The second-order valence-electron chi connectivity index (χ2n) is 3.43. The van der Waals surface area contributed by atoms with E-state index in [0.717, 1.165) is 10.9 Å². The highest BCUT2D eigenvalue weighted by Crippen LogP contribution is 2.24. The molecule has 3 N–H and O–H groups in total. The van der Waals surface area contributed by atoms with Gasteiger partial charge in [-0.05, 0) is 18.2 Å². The van der Waals surface area contributed by atoms with Gasteiger partial charge in [0.25, 0.3) is 0 Å². The minimum absolute atomic E-state index is 0.141. The van der Waals surface area contributed by atoms with E-state index in [1.807, 2.05) is 19.2 Å². The highest BCUT2D eigenvalue weighted by molar-refractivity contribution is 5.99. The lowest BCUT2D eigenvalue weighted by atomic mass is 10.2. The van der Waals surface area contributed by atoms with Crippen LogP contribution >= 0.6 is 0 Å². The lowest BCUT2D eigenvalue weighted by Crippen LogP contribution is -2.06. The zero-order valence-corrected chi connectivity index (χ0v) is 8.61. The first-order valence-electron chi connectivity index (χ1n) is 4.58. The Labute approximate surface area is 86.9 Å². The van der Waals surface area contributed by atoms with Crippen LogP contribution in [0.4, 0.5) is 11.5 Å². The Morgan fingerprint density at radius 2 is 2.27 bits per heavy atom. The fourth-order valence-corrected chi connectivity index (χ4v) is 1.54. The summed E-state index contributed by atoms with van der Waals surface area (Å²) in [6.07, 6.45) is 0. The predicted molar refractivity (Wildman–Crippen MR) is 59.4 cm³/mol. The molecule has 5 nitrogen and oxygen atoms in total. The molecule has 2 rings (SSSR count). The minimum atomic E-state index is -0.141. The van der Waals surface area contributed by atoms with E-state index in [9.17, 15) is 4.79 Å². The minimum Gasteiger partial charge on any atom is -0.399 e. The third kappa shape index (κ3) is 1.63. The first-order valence-corrected chi connectivity index (χ1v) is 4.58. The number of carbonyl (C=O) groups excluding carboxylic acids is 1. The molecule has 0 radical (unpaired) electrons. The van der Waals surface area contributed by atoms with Crippen LogP contribution in [0.5, 0.6) is 0 Å². The van der Waals surface area contributed by atoms with E-state index in [1.54, 1.807) is 10.7 Å². The van der Waals surface area contributed by atoms with E-state index in [0.29, 0.717) is 11.5 Å². The van der Waals surface area contributed by atoms with Crippen molar-refractivity contribution in [1.82, 2.24) is 9.78 Å². The molecule has 1 aromatic heterocycles. The summed E-state index contributed by atoms with van der Waals surface area (Å²) in [6, 6.07) is 5.48. The van der Waals surface area contributed by atoms with Crippen molar-refractivity contribution in [2.24, 2.45) is 7.05 Å². The maximum Gasteiger partial charge on any atom is 0.222 e. The van der Waals surface area contributed by atoms with Crippen molar-refractivity contribution in [3.05, 3.63) is 18.2 Å². The van der Waals surface area contributed by atoms with Crippen molar-refractivity contribution in [2.45, 2.75) is 6.92 Å². The van der Waals surface area contributed by atoms with E-state index in [4.69, 9.17) is 5.73 Å². The lowest BCUT2D eigenvalue weighted by molar-refractivity contribution is -0.114. The number of hydrogen-bond acceptors (Lipinski definition) is 3. The third-order valence-corrected chi connectivity index (χ3v) is 2.17. The molecule has 1 aromatic carbocycles. The number of aryl methyl sites for hydroxylation is 1. The van der Waals surface area contributed by atoms with E-state index in [1.165, 1.54) is 6.92 Å². The second kappa shape index (κ2) is 3.27. The fraction of sp³-hybridized carbons (Fsp3) is 0.200. The normalized spacial score (nSPS) is 10.5. The van der Waals surface area contributed by atoms with Gasteiger partial charge < -0.3 is 11.1 Å². The maximum absolute atomic E-state index is 11.0. The number of anilines is 2. The molecule has 0 bridgehead atoms. The number of nitrogen functional groups attached to an aromatic ring is 1. The number of hydrogen-bond donors (Lipinski definition) is 2. The Bertz CT molecular complexity index is 529. The first kappa shape index (κ1) is 9.51. The van der Waals surface area contributed by atoms with Crippen LogP contribution in [0.3, 0.4) is 0 Å². The van der Waals surface area contributed by atoms with Crippen LogP contribution in [0.1, 0.15) is 6.92 Å². The van der Waals surface area contributed by atoms with Crippen molar-refractivity contribution in [3.8, 4) is 0 Å². The number of nitrogens with two attached hydrogens (primary N) is 1. The Kier molecular flexibility index (Phi) is 2.07. The van der Waals surface area contributed by atoms with E-state index in [2.05, 4.69) is 10.4 Å². The molecule has 0 spiro atoms. The first-order chi connectivity index (χ1) is 7.08. The molecule has 0 aliphatic carbocycles. The summed E-state index contributed by atoms with van der Waals surface area (Å²) >= 11 is 0. The monoisotopic (exact) mass is 204 g/mol. The van der Waals surface area contributed by atoms with Gasteiger partial charge in [-0.1, -0.05) is 0 Å². The summed E-state index contributed by atoms with van der Waals surface area (Å²) in [6.45, 7) is 1.45. The van der Waals surface area contributed by atoms with Crippen LogP contribution in [0, 0.1) is 0 Å². The zero-order valence-electron chi connectivity index (χ0n) is 8.61. The number of carbonyl (C=O) groups is 1. The summed E-state index contributed by atoms with van der Waals surface area (Å²) in [7, 11) is 1.82. The van der Waals surface area contributed by atoms with Crippen LogP contribution in [0.25, 0.3) is 10.9 Å². The average Bonchev–Trinajstić information content (AvgIpc) is 2.42. The van der Waals surface area contributed by atoms with Crippen LogP contribution in [-0.2, 0) is 11.8 Å². The molecule has 0 unspecified atom stereocenters. The molecule has 5 heteroatoms. The smallest absolute Gasteiger partial charge is 0.222 e. The number of amides is 1. The summed E-state index contributed by atoms with van der Waals surface area (Å²) in [5.41, 5.74) is 7.28. The fourth-order valence-electron chi connectivity index (χ4n) is 1.54. The largest absolute Gasteiger partial charge is 0.399 e. The van der Waals surface area contributed by atoms with Crippen LogP contribution in [-0.4, -0.2) is 15.7 Å². The van der Waals surface area contributed by atoms with Gasteiger partial charge in [-0.25, -0.2) is 0 Å². The molecule has 15 heavy (non-hydrogen) atoms. The Balaban J connectivity index is 2.64. The topological polar surface area (TPSA) is 72.9 Å². The molecule has 0 fully saturated rings. The van der Waals surface area contributed by atoms with E-state index in [-0.39, 0.29) is 5.91 Å². The summed E-state index contributed by atoms with van der Waals surface area (Å²) < 4.78 is 1.71. The van der Waals surface area contributed by atoms with Gasteiger partial charge in [-0.15, -0.1) is 0 Å². The lowest BCUT2D eigenvalue weighted by Gasteiger charge is -1.97. The Morgan fingerprint density at radius 3 is 2.93 bits per heavy atom. The van der Waals surface area contributed by atoms with Gasteiger partial charge >= 0.3 is 0 Å². The highest BCUT2D eigenvalue weighted by Gasteiger charge is 2.09. The molecule has 2 aromatic rings. The zero-order chi connectivity index (χ0) is 11.0. The van der Waals surface area contributed by atoms with Gasteiger partial charge in [0, 0.05) is 25.0 Å². The van der Waals surface area contributed by atoms with Crippen LogP contribution in [0.2, 0.25) is 0 Å². The molecule has 0 atom stereocenters. The quantitative estimate of drug-likeness (QED) is 0.683. The molecule has 0 saturated carbocycles. The van der Waals surface area contributed by atoms with Crippen molar-refractivity contribution in [3.63, 3.8) is 0 Å². The molecule has 0 aliphatic rings. The summed E-state index contributed by atoms with van der Waals surface area (Å²) in [5, 5.41) is 7.72.